The molecule has 0 spiro atoms. The summed E-state index contributed by atoms with van der Waals surface area (Å²) in [5, 5.41) is 0. The quantitative estimate of drug-likeness (QED) is 0.728. The molecule has 1 aromatic rings. The third kappa shape index (κ3) is 2.93. The SMILES string of the molecule is COc1cccc(OC)c1OC(C)CCl. The summed E-state index contributed by atoms with van der Waals surface area (Å²) in [5.41, 5.74) is 0. The normalized spacial score (nSPS) is 12.0. The van der Waals surface area contributed by atoms with E-state index in [1.54, 1.807) is 14.2 Å². The van der Waals surface area contributed by atoms with E-state index in [0.717, 1.165) is 0 Å². The van der Waals surface area contributed by atoms with Crippen molar-refractivity contribution in [3.05, 3.63) is 18.2 Å². The van der Waals surface area contributed by atoms with E-state index < -0.39 is 0 Å². The molecule has 0 N–H and O–H groups in total. The molecule has 0 aliphatic heterocycles. The van der Waals surface area contributed by atoms with E-state index >= 15 is 0 Å². The highest BCUT2D eigenvalue weighted by atomic mass is 35.5. The maximum absolute atomic E-state index is 5.69. The Hall–Kier alpha value is -1.09. The summed E-state index contributed by atoms with van der Waals surface area (Å²) in [6, 6.07) is 5.48. The minimum absolute atomic E-state index is 0.0862. The Morgan fingerprint density at radius 3 is 2.13 bits per heavy atom. The zero-order valence-electron chi connectivity index (χ0n) is 9.12. The number of ether oxygens (including phenoxy) is 3. The number of para-hydroxylation sites is 1. The number of rotatable bonds is 5. The van der Waals surface area contributed by atoms with E-state index in [0.29, 0.717) is 23.1 Å². The number of hydrogen-bond acceptors (Lipinski definition) is 3. The van der Waals surface area contributed by atoms with Crippen LogP contribution in [0, 0.1) is 0 Å². The van der Waals surface area contributed by atoms with Crippen molar-refractivity contribution in [2.75, 3.05) is 20.1 Å². The Morgan fingerprint density at radius 2 is 1.73 bits per heavy atom. The molecule has 0 fully saturated rings. The maximum Gasteiger partial charge on any atom is 0.203 e. The molecule has 0 aliphatic carbocycles. The summed E-state index contributed by atoms with van der Waals surface area (Å²) in [6.45, 7) is 1.89. The predicted molar refractivity (Wildman–Crippen MR) is 60.4 cm³/mol. The van der Waals surface area contributed by atoms with Crippen molar-refractivity contribution in [3.8, 4) is 17.2 Å². The Kier molecular flexibility index (Phi) is 4.56. The number of halogens is 1. The lowest BCUT2D eigenvalue weighted by atomic mass is 10.3. The van der Waals surface area contributed by atoms with Crippen LogP contribution in [0.25, 0.3) is 0 Å². The summed E-state index contributed by atoms with van der Waals surface area (Å²) in [6.07, 6.45) is -0.0862. The van der Waals surface area contributed by atoms with Gasteiger partial charge in [0, 0.05) is 0 Å². The fourth-order valence-electron chi connectivity index (χ4n) is 1.17. The van der Waals surface area contributed by atoms with Gasteiger partial charge in [0.2, 0.25) is 5.75 Å². The van der Waals surface area contributed by atoms with Gasteiger partial charge >= 0.3 is 0 Å². The third-order valence-corrected chi connectivity index (χ3v) is 2.35. The van der Waals surface area contributed by atoms with Crippen LogP contribution in [0.3, 0.4) is 0 Å². The molecular weight excluding hydrogens is 216 g/mol. The molecule has 0 saturated heterocycles. The lowest BCUT2D eigenvalue weighted by molar-refractivity contribution is 0.221. The third-order valence-electron chi connectivity index (χ3n) is 1.92. The van der Waals surface area contributed by atoms with Gasteiger partial charge in [0.25, 0.3) is 0 Å². The molecule has 0 radical (unpaired) electrons. The highest BCUT2D eigenvalue weighted by Gasteiger charge is 2.13. The molecule has 1 aromatic carbocycles. The number of benzene rings is 1. The Morgan fingerprint density at radius 1 is 1.20 bits per heavy atom. The van der Waals surface area contributed by atoms with Crippen molar-refractivity contribution in [1.29, 1.82) is 0 Å². The van der Waals surface area contributed by atoms with E-state index in [4.69, 9.17) is 25.8 Å². The summed E-state index contributed by atoms with van der Waals surface area (Å²) in [7, 11) is 3.18. The number of alkyl halides is 1. The van der Waals surface area contributed by atoms with Gasteiger partial charge in [0.15, 0.2) is 11.5 Å². The first kappa shape index (κ1) is 12.0. The van der Waals surface area contributed by atoms with E-state index in [1.807, 2.05) is 25.1 Å². The summed E-state index contributed by atoms with van der Waals surface area (Å²) >= 11 is 5.69. The first-order chi connectivity index (χ1) is 7.22. The second-order valence-electron chi connectivity index (χ2n) is 3.07. The molecule has 0 aliphatic rings. The lowest BCUT2D eigenvalue weighted by Gasteiger charge is -2.17. The second kappa shape index (κ2) is 5.71. The molecule has 0 heterocycles. The van der Waals surface area contributed by atoms with Gasteiger partial charge in [-0.3, -0.25) is 0 Å². The number of methoxy groups -OCH3 is 2. The van der Waals surface area contributed by atoms with E-state index in [1.165, 1.54) is 0 Å². The van der Waals surface area contributed by atoms with Crippen molar-refractivity contribution in [1.82, 2.24) is 0 Å². The highest BCUT2D eigenvalue weighted by Crippen LogP contribution is 2.37. The van der Waals surface area contributed by atoms with Gasteiger partial charge in [-0.2, -0.15) is 0 Å². The Balaban J connectivity index is 2.99. The summed E-state index contributed by atoms with van der Waals surface area (Å²) in [5.74, 6) is 2.30. The second-order valence-corrected chi connectivity index (χ2v) is 3.38. The van der Waals surface area contributed by atoms with Crippen LogP contribution in [0.1, 0.15) is 6.92 Å². The fourth-order valence-corrected chi connectivity index (χ4v) is 1.23. The van der Waals surface area contributed by atoms with Crippen LogP contribution in [0.15, 0.2) is 18.2 Å². The molecule has 0 saturated carbocycles. The van der Waals surface area contributed by atoms with Gasteiger partial charge in [-0.25, -0.2) is 0 Å². The average Bonchev–Trinajstić information content (AvgIpc) is 2.29. The molecule has 1 atom stereocenters. The van der Waals surface area contributed by atoms with Crippen molar-refractivity contribution < 1.29 is 14.2 Å². The van der Waals surface area contributed by atoms with Gasteiger partial charge in [-0.15, -0.1) is 11.6 Å². The Labute approximate surface area is 94.9 Å². The van der Waals surface area contributed by atoms with Gasteiger partial charge in [-0.1, -0.05) is 6.07 Å². The van der Waals surface area contributed by atoms with Crippen LogP contribution < -0.4 is 14.2 Å². The molecule has 3 nitrogen and oxygen atoms in total. The predicted octanol–water partition coefficient (Wildman–Crippen LogP) is 2.71. The fraction of sp³-hybridized carbons (Fsp3) is 0.455. The van der Waals surface area contributed by atoms with Crippen LogP contribution in [-0.4, -0.2) is 26.2 Å². The molecule has 1 unspecified atom stereocenters. The monoisotopic (exact) mass is 230 g/mol. The zero-order valence-corrected chi connectivity index (χ0v) is 9.88. The first-order valence-electron chi connectivity index (χ1n) is 4.66. The zero-order chi connectivity index (χ0) is 11.3. The maximum atomic E-state index is 5.69. The van der Waals surface area contributed by atoms with Gasteiger partial charge in [0.05, 0.1) is 20.1 Å². The van der Waals surface area contributed by atoms with E-state index in [-0.39, 0.29) is 6.10 Å². The van der Waals surface area contributed by atoms with E-state index in [2.05, 4.69) is 0 Å². The van der Waals surface area contributed by atoms with Gasteiger partial charge in [0.1, 0.15) is 6.10 Å². The largest absolute Gasteiger partial charge is 0.493 e. The summed E-state index contributed by atoms with van der Waals surface area (Å²) in [4.78, 5) is 0. The minimum Gasteiger partial charge on any atom is -0.493 e. The highest BCUT2D eigenvalue weighted by molar-refractivity contribution is 6.18. The molecule has 15 heavy (non-hydrogen) atoms. The minimum atomic E-state index is -0.0862. The van der Waals surface area contributed by atoms with Crippen molar-refractivity contribution >= 4 is 11.6 Å². The topological polar surface area (TPSA) is 27.7 Å². The van der Waals surface area contributed by atoms with Crippen LogP contribution in [0.4, 0.5) is 0 Å². The lowest BCUT2D eigenvalue weighted by Crippen LogP contribution is -2.14. The molecular formula is C11H15ClO3. The molecule has 84 valence electrons. The average molecular weight is 231 g/mol. The first-order valence-corrected chi connectivity index (χ1v) is 5.20. The Bertz CT molecular complexity index is 292. The van der Waals surface area contributed by atoms with Gasteiger partial charge in [-0.05, 0) is 19.1 Å². The van der Waals surface area contributed by atoms with Gasteiger partial charge < -0.3 is 14.2 Å². The molecule has 1 rings (SSSR count). The molecule has 0 amide bonds. The molecule has 0 bridgehead atoms. The van der Waals surface area contributed by atoms with Crippen LogP contribution in [-0.2, 0) is 0 Å². The number of hydrogen-bond donors (Lipinski definition) is 0. The molecule has 4 heteroatoms. The van der Waals surface area contributed by atoms with Crippen molar-refractivity contribution in [3.63, 3.8) is 0 Å². The molecule has 0 aromatic heterocycles. The van der Waals surface area contributed by atoms with Crippen molar-refractivity contribution in [2.24, 2.45) is 0 Å². The van der Waals surface area contributed by atoms with E-state index in [9.17, 15) is 0 Å². The van der Waals surface area contributed by atoms with Crippen LogP contribution in [0.2, 0.25) is 0 Å². The van der Waals surface area contributed by atoms with Crippen LogP contribution >= 0.6 is 11.6 Å². The standard InChI is InChI=1S/C11H15ClO3/c1-8(7-12)15-11-9(13-2)5-4-6-10(11)14-3/h4-6,8H,7H2,1-3H3. The van der Waals surface area contributed by atoms with Crippen LogP contribution in [0.5, 0.6) is 17.2 Å². The summed E-state index contributed by atoms with van der Waals surface area (Å²) < 4.78 is 16.0. The van der Waals surface area contributed by atoms with Crippen molar-refractivity contribution in [2.45, 2.75) is 13.0 Å². The smallest absolute Gasteiger partial charge is 0.203 e.